The number of hydrogen-bond donors (Lipinski definition) is 1. The van der Waals surface area contributed by atoms with Crippen LogP contribution in [-0.4, -0.2) is 51.8 Å². The molecule has 1 N–H and O–H groups in total. The predicted octanol–water partition coefficient (Wildman–Crippen LogP) is 4.57. The van der Waals surface area contributed by atoms with Crippen LogP contribution in [0.25, 0.3) is 0 Å². The van der Waals surface area contributed by atoms with Crippen LogP contribution < -0.4 is 24.3 Å². The number of nitrogens with zero attached hydrogens (tertiary/aromatic N) is 1. The second-order valence-corrected chi connectivity index (χ2v) is 9.03. The molecule has 0 spiro atoms. The van der Waals surface area contributed by atoms with Gasteiger partial charge in [0.05, 0.1) is 34.5 Å². The van der Waals surface area contributed by atoms with Crippen molar-refractivity contribution in [2.45, 2.75) is 32.4 Å². The summed E-state index contributed by atoms with van der Waals surface area (Å²) < 4.78 is 22.5. The van der Waals surface area contributed by atoms with Crippen LogP contribution in [0.15, 0.2) is 60.7 Å². The Bertz CT molecular complexity index is 1200. The number of rotatable bonds is 11. The van der Waals surface area contributed by atoms with Gasteiger partial charge < -0.3 is 24.3 Å². The van der Waals surface area contributed by atoms with E-state index in [9.17, 15) is 4.79 Å². The van der Waals surface area contributed by atoms with Crippen LogP contribution in [0.2, 0.25) is 0 Å². The number of benzene rings is 3. The van der Waals surface area contributed by atoms with Crippen molar-refractivity contribution in [2.75, 3.05) is 41.0 Å². The fraction of sp³-hybridized carbons (Fsp3) is 0.367. The van der Waals surface area contributed by atoms with E-state index in [4.69, 9.17) is 18.9 Å². The van der Waals surface area contributed by atoms with Gasteiger partial charge >= 0.3 is 0 Å². The van der Waals surface area contributed by atoms with Gasteiger partial charge in [0.25, 0.3) is 0 Å². The van der Waals surface area contributed by atoms with Gasteiger partial charge in [0.1, 0.15) is 0 Å². The van der Waals surface area contributed by atoms with Crippen molar-refractivity contribution in [3.63, 3.8) is 0 Å². The van der Waals surface area contributed by atoms with E-state index in [1.54, 1.807) is 21.3 Å². The summed E-state index contributed by atoms with van der Waals surface area (Å²) in [4.78, 5) is 15.3. The van der Waals surface area contributed by atoms with E-state index in [2.05, 4.69) is 28.4 Å². The van der Waals surface area contributed by atoms with E-state index in [1.807, 2.05) is 49.4 Å². The Morgan fingerprint density at radius 3 is 2.32 bits per heavy atom. The molecule has 7 heteroatoms. The summed E-state index contributed by atoms with van der Waals surface area (Å²) in [5, 5.41) is 3.07. The van der Waals surface area contributed by atoms with Gasteiger partial charge in [0, 0.05) is 19.1 Å². The topological polar surface area (TPSA) is 69.3 Å². The minimum atomic E-state index is -0.0195. The number of carbonyl (C=O) groups excluding carboxylic acids is 1. The molecule has 1 unspecified atom stereocenters. The molecule has 0 saturated heterocycles. The number of fused-ring (bicyclic) bond motifs is 1. The van der Waals surface area contributed by atoms with Crippen LogP contribution in [0.4, 0.5) is 0 Å². The third-order valence-electron chi connectivity index (χ3n) is 6.75. The van der Waals surface area contributed by atoms with Crippen molar-refractivity contribution in [2.24, 2.45) is 0 Å². The van der Waals surface area contributed by atoms with E-state index >= 15 is 0 Å². The lowest BCUT2D eigenvalue weighted by Crippen LogP contribution is -2.43. The molecule has 0 bridgehead atoms. The Hall–Kier alpha value is -3.71. The minimum Gasteiger partial charge on any atom is -0.493 e. The first-order chi connectivity index (χ1) is 18.1. The van der Waals surface area contributed by atoms with Gasteiger partial charge in [0.2, 0.25) is 5.91 Å². The Morgan fingerprint density at radius 1 is 0.892 bits per heavy atom. The molecule has 0 aliphatic carbocycles. The first-order valence-corrected chi connectivity index (χ1v) is 12.6. The maximum Gasteiger partial charge on any atom is 0.234 e. The lowest BCUT2D eigenvalue weighted by Gasteiger charge is -2.37. The molecule has 0 fully saturated rings. The summed E-state index contributed by atoms with van der Waals surface area (Å²) in [6.45, 7) is 4.11. The highest BCUT2D eigenvalue weighted by Crippen LogP contribution is 2.40. The molecule has 0 aromatic heterocycles. The zero-order valence-electron chi connectivity index (χ0n) is 22.1. The van der Waals surface area contributed by atoms with Crippen LogP contribution in [0.3, 0.4) is 0 Å². The van der Waals surface area contributed by atoms with Gasteiger partial charge in [0.15, 0.2) is 23.0 Å². The second kappa shape index (κ2) is 12.5. The third kappa shape index (κ3) is 6.35. The SMILES string of the molecule is CCOc1cc2c(cc1OC)C(Cc1ccc(OC)c(OC)c1)N(CC(=O)NCc1ccccc1)CC2. The Balaban J connectivity index is 1.61. The highest BCUT2D eigenvalue weighted by atomic mass is 16.5. The lowest BCUT2D eigenvalue weighted by atomic mass is 9.88. The number of nitrogens with one attached hydrogen (secondary N) is 1. The third-order valence-corrected chi connectivity index (χ3v) is 6.75. The zero-order valence-corrected chi connectivity index (χ0v) is 22.1. The van der Waals surface area contributed by atoms with Gasteiger partial charge in [-0.25, -0.2) is 0 Å². The highest BCUT2D eigenvalue weighted by Gasteiger charge is 2.31. The maximum atomic E-state index is 13.0. The van der Waals surface area contributed by atoms with Crippen molar-refractivity contribution in [3.05, 3.63) is 82.9 Å². The lowest BCUT2D eigenvalue weighted by molar-refractivity contribution is -0.123. The van der Waals surface area contributed by atoms with E-state index in [1.165, 1.54) is 5.56 Å². The molecule has 3 aromatic rings. The standard InChI is InChI=1S/C30H36N2O5/c1-5-37-29-17-23-13-14-32(20-30(33)31-19-21-9-7-6-8-10-21)25(24(23)18-28(29)36-4)15-22-11-12-26(34-2)27(16-22)35-3/h6-12,16-18,25H,5,13-15,19-20H2,1-4H3,(H,31,33). The van der Waals surface area contributed by atoms with E-state index in [-0.39, 0.29) is 11.9 Å². The summed E-state index contributed by atoms with van der Waals surface area (Å²) in [5.41, 5.74) is 4.54. The Labute approximate surface area is 219 Å². The second-order valence-electron chi connectivity index (χ2n) is 9.03. The summed E-state index contributed by atoms with van der Waals surface area (Å²) in [6.07, 6.45) is 1.53. The predicted molar refractivity (Wildman–Crippen MR) is 144 cm³/mol. The molecule has 37 heavy (non-hydrogen) atoms. The Kier molecular flexibility index (Phi) is 8.90. The number of ether oxygens (including phenoxy) is 4. The van der Waals surface area contributed by atoms with Crippen molar-refractivity contribution < 1.29 is 23.7 Å². The van der Waals surface area contributed by atoms with Crippen molar-refractivity contribution >= 4 is 5.91 Å². The molecular formula is C30H36N2O5. The molecule has 0 saturated carbocycles. The van der Waals surface area contributed by atoms with Gasteiger partial charge in [-0.05, 0) is 66.3 Å². The molecule has 3 aromatic carbocycles. The summed E-state index contributed by atoms with van der Waals surface area (Å²) in [5.74, 6) is 2.83. The van der Waals surface area contributed by atoms with Crippen molar-refractivity contribution in [1.82, 2.24) is 10.2 Å². The molecule has 1 aliphatic rings. The van der Waals surface area contributed by atoms with Crippen molar-refractivity contribution in [1.29, 1.82) is 0 Å². The molecule has 7 nitrogen and oxygen atoms in total. The quantitative estimate of drug-likeness (QED) is 0.413. The minimum absolute atomic E-state index is 0.00233. The largest absolute Gasteiger partial charge is 0.493 e. The highest BCUT2D eigenvalue weighted by molar-refractivity contribution is 5.78. The van der Waals surface area contributed by atoms with E-state index < -0.39 is 0 Å². The summed E-state index contributed by atoms with van der Waals surface area (Å²) >= 11 is 0. The van der Waals surface area contributed by atoms with Crippen LogP contribution in [-0.2, 0) is 24.2 Å². The van der Waals surface area contributed by atoms with Gasteiger partial charge in [-0.3, -0.25) is 9.69 Å². The molecule has 4 rings (SSSR count). The van der Waals surface area contributed by atoms with E-state index in [0.29, 0.717) is 43.4 Å². The molecule has 0 radical (unpaired) electrons. The molecule has 1 amide bonds. The molecule has 1 aliphatic heterocycles. The van der Waals surface area contributed by atoms with Crippen LogP contribution in [0.5, 0.6) is 23.0 Å². The first kappa shape index (κ1) is 26.4. The maximum absolute atomic E-state index is 13.0. The molecule has 196 valence electrons. The number of carbonyl (C=O) groups is 1. The summed E-state index contributed by atoms with van der Waals surface area (Å²) in [6, 6.07) is 20.1. The fourth-order valence-electron chi connectivity index (χ4n) is 4.88. The van der Waals surface area contributed by atoms with Crippen LogP contribution in [0.1, 0.15) is 35.2 Å². The average molecular weight is 505 g/mol. The number of amides is 1. The first-order valence-electron chi connectivity index (χ1n) is 12.6. The average Bonchev–Trinajstić information content (AvgIpc) is 2.93. The molecule has 1 heterocycles. The van der Waals surface area contributed by atoms with Gasteiger partial charge in [-0.15, -0.1) is 0 Å². The molecular weight excluding hydrogens is 468 g/mol. The van der Waals surface area contributed by atoms with Gasteiger partial charge in [-0.1, -0.05) is 36.4 Å². The Morgan fingerprint density at radius 2 is 1.62 bits per heavy atom. The van der Waals surface area contributed by atoms with Crippen LogP contribution in [0, 0.1) is 0 Å². The normalized spacial score (nSPS) is 15.0. The molecule has 1 atom stereocenters. The van der Waals surface area contributed by atoms with E-state index in [0.717, 1.165) is 35.4 Å². The number of hydrogen-bond acceptors (Lipinski definition) is 6. The fourth-order valence-corrected chi connectivity index (χ4v) is 4.88. The van der Waals surface area contributed by atoms with Crippen LogP contribution >= 0.6 is 0 Å². The smallest absolute Gasteiger partial charge is 0.234 e. The zero-order chi connectivity index (χ0) is 26.2. The number of methoxy groups -OCH3 is 3. The van der Waals surface area contributed by atoms with Gasteiger partial charge in [-0.2, -0.15) is 0 Å². The monoisotopic (exact) mass is 504 g/mol. The van der Waals surface area contributed by atoms with Crippen molar-refractivity contribution in [3.8, 4) is 23.0 Å². The summed E-state index contributed by atoms with van der Waals surface area (Å²) in [7, 11) is 4.93.